The lowest BCUT2D eigenvalue weighted by Crippen LogP contribution is -2.36. The molecule has 0 bridgehead atoms. The second kappa shape index (κ2) is 7.80. The summed E-state index contributed by atoms with van der Waals surface area (Å²) in [7, 11) is 0. The molecule has 0 atom stereocenters. The topological polar surface area (TPSA) is 92.3 Å². The van der Waals surface area contributed by atoms with Crippen molar-refractivity contribution in [2.24, 2.45) is 0 Å². The molecule has 38 heavy (non-hydrogen) atoms. The summed E-state index contributed by atoms with van der Waals surface area (Å²) in [4.78, 5) is 51.8. The van der Waals surface area contributed by atoms with E-state index in [-0.39, 0.29) is 106 Å². The molecule has 0 radical (unpaired) electrons. The number of amides is 4. The maximum Gasteiger partial charge on any atom is 0.260 e. The molecule has 14 heteroatoms. The first-order valence-corrected chi connectivity index (χ1v) is 13.4. The van der Waals surface area contributed by atoms with E-state index in [0.717, 1.165) is 0 Å². The minimum Gasteiger partial charge on any atom is -0.288 e. The van der Waals surface area contributed by atoms with Crippen molar-refractivity contribution in [1.82, 2.24) is 10.6 Å². The van der Waals surface area contributed by atoms with E-state index in [0.29, 0.717) is 0 Å². The molecule has 0 unspecified atom stereocenters. The summed E-state index contributed by atoms with van der Waals surface area (Å²) in [6.07, 6.45) is 0. The number of fused-ring (bicyclic) bond motifs is 2. The van der Waals surface area contributed by atoms with E-state index in [1.807, 2.05) is 0 Å². The average molecular weight is 666 g/mol. The van der Waals surface area contributed by atoms with Gasteiger partial charge in [-0.25, -0.2) is 0 Å². The zero-order valence-corrected chi connectivity index (χ0v) is 23.7. The molecule has 0 aromatic heterocycles. The van der Waals surface area contributed by atoms with Gasteiger partial charge in [-0.05, 0) is 0 Å². The van der Waals surface area contributed by atoms with Crippen LogP contribution in [-0.2, 0) is 0 Å². The maximum atomic E-state index is 12.9. The summed E-state index contributed by atoms with van der Waals surface area (Å²) < 4.78 is 0. The number of halogens is 8. The summed E-state index contributed by atoms with van der Waals surface area (Å²) in [6.45, 7) is 0. The van der Waals surface area contributed by atoms with Crippen molar-refractivity contribution in [3.05, 3.63) is 62.4 Å². The predicted octanol–water partition coefficient (Wildman–Crippen LogP) is 8.73. The predicted molar refractivity (Wildman–Crippen MR) is 151 cm³/mol. The molecule has 0 fully saturated rings. The fraction of sp³-hybridized carbons (Fsp3) is 0. The van der Waals surface area contributed by atoms with Gasteiger partial charge in [0.15, 0.2) is 0 Å². The van der Waals surface area contributed by atoms with Gasteiger partial charge in [-0.3, -0.25) is 29.8 Å². The van der Waals surface area contributed by atoms with Gasteiger partial charge in [-0.15, -0.1) is 0 Å². The number of nitrogens with one attached hydrogen (secondary N) is 2. The Morgan fingerprint density at radius 2 is 0.500 bits per heavy atom. The van der Waals surface area contributed by atoms with Gasteiger partial charge < -0.3 is 0 Å². The van der Waals surface area contributed by atoms with Gasteiger partial charge in [-0.1, -0.05) is 92.8 Å². The minimum absolute atomic E-state index is 0.0693. The first kappa shape index (κ1) is 25.0. The van der Waals surface area contributed by atoms with Crippen LogP contribution in [0.4, 0.5) is 0 Å². The number of carbonyl (C=O) groups is 4. The highest BCUT2D eigenvalue weighted by molar-refractivity contribution is 6.63. The number of benzene rings is 5. The second-order valence-corrected chi connectivity index (χ2v) is 11.6. The molecule has 2 aliphatic heterocycles. The van der Waals surface area contributed by atoms with Crippen LogP contribution in [0.5, 0.6) is 0 Å². The third kappa shape index (κ3) is 2.66. The molecule has 7 rings (SSSR count). The van der Waals surface area contributed by atoms with Crippen LogP contribution in [0.15, 0.2) is 0 Å². The van der Waals surface area contributed by atoms with Crippen LogP contribution in [0.25, 0.3) is 43.1 Å². The Morgan fingerprint density at radius 3 is 0.711 bits per heavy atom. The highest BCUT2D eigenvalue weighted by Gasteiger charge is 2.40. The fourth-order valence-corrected chi connectivity index (χ4v) is 7.74. The van der Waals surface area contributed by atoms with E-state index in [4.69, 9.17) is 92.8 Å². The lowest BCUT2D eigenvalue weighted by molar-refractivity contribution is 0.0828. The summed E-state index contributed by atoms with van der Waals surface area (Å²) in [5.74, 6) is -3.23. The van der Waals surface area contributed by atoms with Crippen molar-refractivity contribution in [1.29, 1.82) is 0 Å². The van der Waals surface area contributed by atoms with Crippen molar-refractivity contribution in [2.45, 2.75) is 0 Å². The Labute approximate surface area is 250 Å². The van der Waals surface area contributed by atoms with Crippen LogP contribution >= 0.6 is 92.8 Å². The monoisotopic (exact) mass is 662 g/mol. The van der Waals surface area contributed by atoms with E-state index in [9.17, 15) is 19.2 Å². The highest BCUT2D eigenvalue weighted by Crippen LogP contribution is 2.58. The van der Waals surface area contributed by atoms with Gasteiger partial charge in [0.05, 0.1) is 62.4 Å². The third-order valence-corrected chi connectivity index (χ3v) is 10.3. The first-order chi connectivity index (χ1) is 17.9. The van der Waals surface area contributed by atoms with Crippen LogP contribution < -0.4 is 10.6 Å². The number of rotatable bonds is 0. The number of carbonyl (C=O) groups excluding carboxylic acids is 4. The zero-order chi connectivity index (χ0) is 27.3. The number of hydrogen-bond acceptors (Lipinski definition) is 4. The van der Waals surface area contributed by atoms with E-state index >= 15 is 0 Å². The van der Waals surface area contributed by atoms with E-state index in [2.05, 4.69) is 10.6 Å². The molecule has 188 valence electrons. The standard InChI is InChI=1S/C24H2Cl8N2O4/c25-13-5-1-3-9(17(13)29)21(35)33-22(36)10(3)18(30)14(26)6(1)8-2-4-11(19(31)15(27)7(2)5)23(37)34-24(38)12(4)20(32)16(8)28/h(H,33,35,36)(H,34,37,38). The molecular weight excluding hydrogens is 664 g/mol. The molecular formula is C24H2Cl8N2O4. The second-order valence-electron chi connectivity index (χ2n) is 8.58. The van der Waals surface area contributed by atoms with Crippen LogP contribution in [0.1, 0.15) is 41.4 Å². The summed E-state index contributed by atoms with van der Waals surface area (Å²) in [5, 5.41) is 4.24. The van der Waals surface area contributed by atoms with Gasteiger partial charge in [0.1, 0.15) is 0 Å². The SMILES string of the molecule is O=C1NC(=O)c2c(Cl)c(Cl)c3c4c(Cl)c(Cl)c5c6c(c(Cl)c(Cl)c(c7c(Cl)c(Cl)c1c2c73)c64)C(=O)NC5=O. The first-order valence-electron chi connectivity index (χ1n) is 10.3. The lowest BCUT2D eigenvalue weighted by atomic mass is 9.82. The summed E-state index contributed by atoms with van der Waals surface area (Å²) in [5.41, 5.74) is -0.452. The van der Waals surface area contributed by atoms with E-state index in [1.165, 1.54) is 0 Å². The van der Waals surface area contributed by atoms with Crippen LogP contribution in [0.3, 0.4) is 0 Å². The summed E-state index contributed by atoms with van der Waals surface area (Å²) >= 11 is 53.6. The van der Waals surface area contributed by atoms with E-state index < -0.39 is 23.6 Å². The van der Waals surface area contributed by atoms with Gasteiger partial charge in [0.2, 0.25) is 0 Å². The highest BCUT2D eigenvalue weighted by atomic mass is 35.5. The van der Waals surface area contributed by atoms with Gasteiger partial charge in [-0.2, -0.15) is 0 Å². The molecule has 2 aliphatic rings. The van der Waals surface area contributed by atoms with Crippen LogP contribution in [0, 0.1) is 0 Å². The fourth-order valence-electron chi connectivity index (χ4n) is 5.50. The van der Waals surface area contributed by atoms with Gasteiger partial charge in [0.25, 0.3) is 23.6 Å². The Kier molecular flexibility index (Phi) is 5.13. The average Bonchev–Trinajstić information content (AvgIpc) is 2.85. The zero-order valence-electron chi connectivity index (χ0n) is 17.7. The maximum absolute atomic E-state index is 12.9. The normalized spacial score (nSPS) is 14.9. The lowest BCUT2D eigenvalue weighted by Gasteiger charge is -2.28. The molecule has 0 spiro atoms. The quantitative estimate of drug-likeness (QED) is 0.0983. The number of hydrogen-bond donors (Lipinski definition) is 2. The Balaban J connectivity index is 2.01. The molecule has 2 heterocycles. The number of imide groups is 2. The van der Waals surface area contributed by atoms with Gasteiger partial charge in [0, 0.05) is 43.1 Å². The molecule has 6 nitrogen and oxygen atoms in total. The van der Waals surface area contributed by atoms with Crippen LogP contribution in [-0.4, -0.2) is 23.6 Å². The smallest absolute Gasteiger partial charge is 0.260 e. The van der Waals surface area contributed by atoms with Crippen molar-refractivity contribution in [3.8, 4) is 0 Å². The molecule has 5 aromatic rings. The molecule has 5 aromatic carbocycles. The molecule has 4 amide bonds. The van der Waals surface area contributed by atoms with Crippen molar-refractivity contribution >= 4 is 160 Å². The summed E-state index contributed by atoms with van der Waals surface area (Å²) in [6, 6.07) is 0. The minimum atomic E-state index is -0.808. The Morgan fingerprint density at radius 1 is 0.289 bits per heavy atom. The largest absolute Gasteiger partial charge is 0.288 e. The van der Waals surface area contributed by atoms with Gasteiger partial charge >= 0.3 is 0 Å². The van der Waals surface area contributed by atoms with Crippen molar-refractivity contribution in [3.63, 3.8) is 0 Å². The van der Waals surface area contributed by atoms with Crippen molar-refractivity contribution in [2.75, 3.05) is 0 Å². The van der Waals surface area contributed by atoms with Crippen molar-refractivity contribution < 1.29 is 19.2 Å². The van der Waals surface area contributed by atoms with E-state index in [1.54, 1.807) is 0 Å². The molecule has 2 N–H and O–H groups in total. The molecule has 0 saturated heterocycles. The Bertz CT molecular complexity index is 1850. The molecule has 0 saturated carbocycles. The van der Waals surface area contributed by atoms with Crippen LogP contribution in [0.2, 0.25) is 40.2 Å². The Hall–Kier alpha value is -2.00. The molecule has 0 aliphatic carbocycles. The third-order valence-electron chi connectivity index (χ3n) is 6.89.